The topological polar surface area (TPSA) is 54.5 Å². The van der Waals surface area contributed by atoms with Gasteiger partial charge in [-0.15, -0.1) is 11.3 Å². The minimum Gasteiger partial charge on any atom is -0.377 e. The number of rotatable bonds is 3. The van der Waals surface area contributed by atoms with Crippen molar-refractivity contribution in [1.29, 1.82) is 0 Å². The molecule has 0 bridgehead atoms. The fraction of sp³-hybridized carbons (Fsp3) is 0.625. The Balaban J connectivity index is 1.47. The van der Waals surface area contributed by atoms with Crippen LogP contribution >= 0.6 is 11.3 Å². The van der Waals surface area contributed by atoms with E-state index in [0.717, 1.165) is 28.7 Å². The number of hydrogen-bond acceptors (Lipinski definition) is 4. The van der Waals surface area contributed by atoms with Gasteiger partial charge in [0.25, 0.3) is 0 Å². The Morgan fingerprint density at radius 1 is 1.40 bits per heavy atom. The molecule has 3 rings (SSSR count). The summed E-state index contributed by atoms with van der Waals surface area (Å²) in [6.45, 7) is 2.84. The third kappa shape index (κ3) is 4.72. The first kappa shape index (κ1) is 18.2. The van der Waals surface area contributed by atoms with Gasteiger partial charge in [-0.3, -0.25) is 0 Å². The van der Waals surface area contributed by atoms with Crippen LogP contribution in [0.3, 0.4) is 0 Å². The number of alkyl halides is 3. The minimum absolute atomic E-state index is 0.0108. The number of nitrogens with one attached hydrogen (secondary N) is 1. The van der Waals surface area contributed by atoms with Crippen molar-refractivity contribution in [3.63, 3.8) is 0 Å². The predicted molar refractivity (Wildman–Crippen MR) is 87.6 cm³/mol. The van der Waals surface area contributed by atoms with Gasteiger partial charge in [-0.25, -0.2) is 9.78 Å². The Kier molecular flexibility index (Phi) is 5.63. The number of nitrogens with zero attached hydrogens (tertiary/aromatic N) is 2. The second-order valence-electron chi connectivity index (χ2n) is 6.18. The Labute approximate surface area is 147 Å². The number of carbonyl (C=O) groups is 1. The van der Waals surface area contributed by atoms with Gasteiger partial charge < -0.3 is 15.0 Å². The lowest BCUT2D eigenvalue weighted by molar-refractivity contribution is -0.140. The zero-order chi connectivity index (χ0) is 17.9. The Bertz CT molecular complexity index is 637. The SMILES string of the molecule is O=C(NCC1=CCOCC1)N1CCC(c2nc(C(F)(F)F)cs2)CC1. The molecule has 0 atom stereocenters. The van der Waals surface area contributed by atoms with E-state index in [0.29, 0.717) is 50.7 Å². The smallest absolute Gasteiger partial charge is 0.377 e. The van der Waals surface area contributed by atoms with Gasteiger partial charge in [0.1, 0.15) is 0 Å². The van der Waals surface area contributed by atoms with Crippen LogP contribution in [0.25, 0.3) is 0 Å². The largest absolute Gasteiger partial charge is 0.434 e. The molecule has 2 amide bonds. The van der Waals surface area contributed by atoms with Crippen LogP contribution in [-0.4, -0.2) is 48.8 Å². The summed E-state index contributed by atoms with van der Waals surface area (Å²) in [5.74, 6) is -0.0108. The van der Waals surface area contributed by atoms with Crippen LogP contribution in [0.2, 0.25) is 0 Å². The number of ether oxygens (including phenoxy) is 1. The van der Waals surface area contributed by atoms with E-state index in [1.54, 1.807) is 4.90 Å². The number of likely N-dealkylation sites (tertiary alicyclic amines) is 1. The second-order valence-corrected chi connectivity index (χ2v) is 7.07. The van der Waals surface area contributed by atoms with Crippen molar-refractivity contribution >= 4 is 17.4 Å². The highest BCUT2D eigenvalue weighted by Gasteiger charge is 2.35. The zero-order valence-corrected chi connectivity index (χ0v) is 14.5. The molecule has 138 valence electrons. The van der Waals surface area contributed by atoms with Crippen molar-refractivity contribution in [2.45, 2.75) is 31.4 Å². The Morgan fingerprint density at radius 2 is 2.16 bits per heavy atom. The Hall–Kier alpha value is -1.61. The fourth-order valence-electron chi connectivity index (χ4n) is 2.96. The summed E-state index contributed by atoms with van der Waals surface area (Å²) < 4.78 is 43.2. The van der Waals surface area contributed by atoms with Gasteiger partial charge >= 0.3 is 12.2 Å². The molecule has 0 spiro atoms. The third-order valence-electron chi connectivity index (χ3n) is 4.47. The van der Waals surface area contributed by atoms with E-state index < -0.39 is 11.9 Å². The average Bonchev–Trinajstić information content (AvgIpc) is 3.11. The van der Waals surface area contributed by atoms with Crippen LogP contribution in [0.1, 0.15) is 35.9 Å². The lowest BCUT2D eigenvalue weighted by Gasteiger charge is -2.31. The van der Waals surface area contributed by atoms with Gasteiger partial charge in [-0.05, 0) is 19.3 Å². The second kappa shape index (κ2) is 7.74. The number of carbonyl (C=O) groups excluding carboxylic acids is 1. The van der Waals surface area contributed by atoms with E-state index in [4.69, 9.17) is 4.74 Å². The van der Waals surface area contributed by atoms with Gasteiger partial charge in [0.15, 0.2) is 5.69 Å². The van der Waals surface area contributed by atoms with E-state index in [2.05, 4.69) is 10.3 Å². The summed E-state index contributed by atoms with van der Waals surface area (Å²) in [5.41, 5.74) is 0.342. The first-order chi connectivity index (χ1) is 11.9. The molecule has 2 aliphatic rings. The molecule has 1 aromatic heterocycles. The summed E-state index contributed by atoms with van der Waals surface area (Å²) in [5, 5.41) is 4.48. The maximum atomic E-state index is 12.6. The first-order valence-corrected chi connectivity index (χ1v) is 9.12. The molecule has 0 radical (unpaired) electrons. The average molecular weight is 375 g/mol. The van der Waals surface area contributed by atoms with E-state index in [-0.39, 0.29) is 11.9 Å². The van der Waals surface area contributed by atoms with Crippen molar-refractivity contribution in [3.05, 3.63) is 27.7 Å². The quantitative estimate of drug-likeness (QED) is 0.824. The number of piperidine rings is 1. The molecule has 0 aliphatic carbocycles. The van der Waals surface area contributed by atoms with Crippen molar-refractivity contribution in [1.82, 2.24) is 15.2 Å². The van der Waals surface area contributed by atoms with Crippen LogP contribution in [-0.2, 0) is 10.9 Å². The maximum Gasteiger partial charge on any atom is 0.434 e. The van der Waals surface area contributed by atoms with Crippen LogP contribution in [0.15, 0.2) is 17.0 Å². The zero-order valence-electron chi connectivity index (χ0n) is 13.6. The monoisotopic (exact) mass is 375 g/mol. The van der Waals surface area contributed by atoms with Gasteiger partial charge in [0.05, 0.1) is 18.2 Å². The number of amides is 2. The summed E-state index contributed by atoms with van der Waals surface area (Å²) in [6.07, 6.45) is -0.317. The minimum atomic E-state index is -4.39. The van der Waals surface area contributed by atoms with E-state index in [9.17, 15) is 18.0 Å². The van der Waals surface area contributed by atoms with Crippen molar-refractivity contribution in [3.8, 4) is 0 Å². The first-order valence-electron chi connectivity index (χ1n) is 8.24. The van der Waals surface area contributed by atoms with Gasteiger partial charge in [-0.2, -0.15) is 13.2 Å². The summed E-state index contributed by atoms with van der Waals surface area (Å²) in [6, 6.07) is -0.124. The normalized spacial score (nSPS) is 19.6. The summed E-state index contributed by atoms with van der Waals surface area (Å²) in [7, 11) is 0. The summed E-state index contributed by atoms with van der Waals surface area (Å²) >= 11 is 1.05. The molecule has 1 fully saturated rings. The molecule has 0 unspecified atom stereocenters. The number of hydrogen-bond donors (Lipinski definition) is 1. The van der Waals surface area contributed by atoms with Crippen LogP contribution in [0.5, 0.6) is 0 Å². The highest BCUT2D eigenvalue weighted by molar-refractivity contribution is 7.09. The molecule has 9 heteroatoms. The van der Waals surface area contributed by atoms with E-state index in [1.807, 2.05) is 6.08 Å². The molecule has 0 aromatic carbocycles. The molecule has 1 aromatic rings. The standard InChI is InChI=1S/C16H20F3N3O2S/c17-16(18,19)13-10-25-14(21-13)12-1-5-22(6-2-12)15(23)20-9-11-3-7-24-8-4-11/h3,10,12H,1-2,4-9H2,(H,20,23). The molecular formula is C16H20F3N3O2S. The molecular weight excluding hydrogens is 355 g/mol. The van der Waals surface area contributed by atoms with Crippen molar-refractivity contribution in [2.75, 3.05) is 32.8 Å². The van der Waals surface area contributed by atoms with Gasteiger partial charge in [0, 0.05) is 30.9 Å². The third-order valence-corrected chi connectivity index (χ3v) is 5.48. The molecule has 0 saturated carbocycles. The van der Waals surface area contributed by atoms with Gasteiger partial charge in [-0.1, -0.05) is 11.6 Å². The number of halogens is 3. The highest BCUT2D eigenvalue weighted by atomic mass is 32.1. The van der Waals surface area contributed by atoms with Crippen LogP contribution in [0.4, 0.5) is 18.0 Å². The predicted octanol–water partition coefficient (Wildman–Crippen LogP) is 3.40. The summed E-state index contributed by atoms with van der Waals surface area (Å²) in [4.78, 5) is 17.7. The molecule has 25 heavy (non-hydrogen) atoms. The number of aromatic nitrogens is 1. The lowest BCUT2D eigenvalue weighted by atomic mass is 9.98. The fourth-order valence-corrected chi connectivity index (χ4v) is 3.96. The molecule has 3 heterocycles. The highest BCUT2D eigenvalue weighted by Crippen LogP contribution is 2.35. The van der Waals surface area contributed by atoms with Crippen LogP contribution in [0, 0.1) is 0 Å². The van der Waals surface area contributed by atoms with E-state index >= 15 is 0 Å². The van der Waals surface area contributed by atoms with Crippen LogP contribution < -0.4 is 5.32 Å². The van der Waals surface area contributed by atoms with Crippen molar-refractivity contribution < 1.29 is 22.7 Å². The number of urea groups is 1. The van der Waals surface area contributed by atoms with Crippen molar-refractivity contribution in [2.24, 2.45) is 0 Å². The maximum absolute atomic E-state index is 12.6. The molecule has 1 N–H and O–H groups in total. The van der Waals surface area contributed by atoms with Gasteiger partial charge in [0.2, 0.25) is 0 Å². The number of thiazole rings is 1. The molecule has 5 nitrogen and oxygen atoms in total. The van der Waals surface area contributed by atoms with E-state index in [1.165, 1.54) is 0 Å². The lowest BCUT2D eigenvalue weighted by Crippen LogP contribution is -2.44. The molecule has 1 saturated heterocycles. The molecule has 2 aliphatic heterocycles. The Morgan fingerprint density at radius 3 is 2.76 bits per heavy atom.